The molecule has 1 amide bonds. The number of hydrogen-bond donors (Lipinski definition) is 1. The number of thiazole rings is 1. The summed E-state index contributed by atoms with van der Waals surface area (Å²) in [6, 6.07) is 10.2. The molecule has 0 atom stereocenters. The monoisotopic (exact) mass is 474 g/mol. The van der Waals surface area contributed by atoms with E-state index in [1.165, 1.54) is 23.0 Å². The van der Waals surface area contributed by atoms with Gasteiger partial charge >= 0.3 is 5.69 Å². The maximum atomic E-state index is 12.7. The molecule has 2 aromatic carbocycles. The van der Waals surface area contributed by atoms with E-state index in [1.54, 1.807) is 48.8 Å². The second kappa shape index (κ2) is 8.30. The molecule has 0 aliphatic heterocycles. The average Bonchev–Trinajstić information content (AvgIpc) is 3.20. The summed E-state index contributed by atoms with van der Waals surface area (Å²) < 4.78 is 2.42. The molecular weight excluding hydrogens is 459 g/mol. The van der Waals surface area contributed by atoms with Crippen LogP contribution in [0.5, 0.6) is 0 Å². The highest BCUT2D eigenvalue weighted by Gasteiger charge is 2.16. The maximum Gasteiger partial charge on any atom is 0.330 e. The van der Waals surface area contributed by atoms with Gasteiger partial charge in [0, 0.05) is 30.1 Å². The summed E-state index contributed by atoms with van der Waals surface area (Å²) in [4.78, 5) is 41.9. The summed E-state index contributed by atoms with van der Waals surface area (Å²) in [6.07, 6.45) is -0.0440. The van der Waals surface area contributed by atoms with Crippen molar-refractivity contribution in [1.29, 1.82) is 0 Å². The minimum atomic E-state index is -0.436. The molecule has 0 aliphatic carbocycles. The maximum absolute atomic E-state index is 12.7. The summed E-state index contributed by atoms with van der Waals surface area (Å²) in [6.45, 7) is 0. The van der Waals surface area contributed by atoms with Crippen LogP contribution in [-0.2, 0) is 25.3 Å². The lowest BCUT2D eigenvalue weighted by Gasteiger charge is -2.11. The zero-order chi connectivity index (χ0) is 22.3. The van der Waals surface area contributed by atoms with Gasteiger partial charge in [-0.25, -0.2) is 9.78 Å². The van der Waals surface area contributed by atoms with Crippen molar-refractivity contribution in [3.05, 3.63) is 78.2 Å². The molecule has 0 fully saturated rings. The van der Waals surface area contributed by atoms with Crippen molar-refractivity contribution in [3.8, 4) is 11.3 Å². The van der Waals surface area contributed by atoms with E-state index in [0.29, 0.717) is 42.9 Å². The zero-order valence-electron chi connectivity index (χ0n) is 16.5. The number of nitrogens with one attached hydrogen (secondary N) is 1. The van der Waals surface area contributed by atoms with Gasteiger partial charge in [0.05, 0.1) is 28.0 Å². The number of halogens is 2. The fourth-order valence-electron chi connectivity index (χ4n) is 3.33. The number of aryl methyl sites for hydroxylation is 1. The number of amides is 1. The van der Waals surface area contributed by atoms with E-state index in [4.69, 9.17) is 23.2 Å². The Balaban J connectivity index is 1.61. The van der Waals surface area contributed by atoms with E-state index in [1.807, 2.05) is 0 Å². The highest BCUT2D eigenvalue weighted by Crippen LogP contribution is 2.32. The number of nitrogens with zero attached hydrogens (tertiary/aromatic N) is 3. The summed E-state index contributed by atoms with van der Waals surface area (Å²) in [5, 5.41) is 6.31. The second-order valence-electron chi connectivity index (χ2n) is 6.90. The Morgan fingerprint density at radius 2 is 1.90 bits per heavy atom. The molecule has 158 valence electrons. The minimum Gasteiger partial charge on any atom is -0.302 e. The van der Waals surface area contributed by atoms with E-state index in [2.05, 4.69) is 10.3 Å². The lowest BCUT2D eigenvalue weighted by Crippen LogP contribution is -2.37. The lowest BCUT2D eigenvalue weighted by molar-refractivity contribution is -0.115. The molecule has 0 radical (unpaired) electrons. The number of carbonyl (C=O) groups is 1. The third-order valence-corrected chi connectivity index (χ3v) is 6.21. The zero-order valence-corrected chi connectivity index (χ0v) is 18.8. The van der Waals surface area contributed by atoms with Gasteiger partial charge in [-0.15, -0.1) is 11.3 Å². The van der Waals surface area contributed by atoms with Crippen molar-refractivity contribution in [1.82, 2.24) is 14.1 Å². The van der Waals surface area contributed by atoms with E-state index >= 15 is 0 Å². The summed E-state index contributed by atoms with van der Waals surface area (Å²) >= 11 is 13.5. The normalized spacial score (nSPS) is 11.1. The highest BCUT2D eigenvalue weighted by atomic mass is 35.5. The number of carbonyl (C=O) groups excluding carboxylic acids is 1. The van der Waals surface area contributed by atoms with Crippen LogP contribution in [0.25, 0.3) is 22.2 Å². The minimum absolute atomic E-state index is 0.0440. The van der Waals surface area contributed by atoms with Crippen molar-refractivity contribution in [2.24, 2.45) is 14.1 Å². The topological polar surface area (TPSA) is 86.0 Å². The van der Waals surface area contributed by atoms with Crippen LogP contribution in [0.15, 0.2) is 51.4 Å². The van der Waals surface area contributed by atoms with Gasteiger partial charge in [0.1, 0.15) is 0 Å². The number of aromatic nitrogens is 3. The molecule has 7 nitrogen and oxygen atoms in total. The van der Waals surface area contributed by atoms with Crippen LogP contribution < -0.4 is 16.6 Å². The molecule has 0 aliphatic rings. The molecule has 31 heavy (non-hydrogen) atoms. The molecule has 0 unspecified atom stereocenters. The molecule has 0 saturated heterocycles. The van der Waals surface area contributed by atoms with Crippen molar-refractivity contribution >= 4 is 56.5 Å². The number of hydrogen-bond acceptors (Lipinski definition) is 5. The molecule has 2 aromatic heterocycles. The standard InChI is InChI=1S/C21H16Cl2N4O3S/c1-26-16-5-3-4-11(18(16)19(29)27(2)21(26)30)8-17(28)25-20-24-15(10-31-20)13-9-12(22)6-7-14(13)23/h3-7,9-10H,8H2,1-2H3,(H,24,25,28). The van der Waals surface area contributed by atoms with E-state index in [0.717, 1.165) is 4.57 Å². The van der Waals surface area contributed by atoms with Crippen LogP contribution >= 0.6 is 34.5 Å². The van der Waals surface area contributed by atoms with Gasteiger partial charge in [-0.1, -0.05) is 35.3 Å². The SMILES string of the molecule is Cn1c(=O)c2c(CC(=O)Nc3nc(-c4cc(Cl)ccc4Cl)cs3)cccc2n(C)c1=O. The first kappa shape index (κ1) is 21.3. The van der Waals surface area contributed by atoms with E-state index in [-0.39, 0.29) is 12.3 Å². The number of rotatable bonds is 4. The largest absolute Gasteiger partial charge is 0.330 e. The average molecular weight is 475 g/mol. The molecule has 4 aromatic rings. The molecule has 4 rings (SSSR count). The summed E-state index contributed by atoms with van der Waals surface area (Å²) in [5.41, 5.74) is 1.42. The third kappa shape index (κ3) is 4.01. The van der Waals surface area contributed by atoms with Gasteiger partial charge in [-0.05, 0) is 29.8 Å². The number of anilines is 1. The van der Waals surface area contributed by atoms with Crippen molar-refractivity contribution in [2.75, 3.05) is 5.32 Å². The van der Waals surface area contributed by atoms with Gasteiger partial charge in [0.15, 0.2) is 5.13 Å². The Labute approximate surface area is 190 Å². The Morgan fingerprint density at radius 3 is 2.68 bits per heavy atom. The van der Waals surface area contributed by atoms with Crippen LogP contribution in [0.4, 0.5) is 5.13 Å². The summed E-state index contributed by atoms with van der Waals surface area (Å²) in [5.74, 6) is -0.332. The van der Waals surface area contributed by atoms with E-state index in [9.17, 15) is 14.4 Å². The molecule has 1 N–H and O–H groups in total. The van der Waals surface area contributed by atoms with Crippen molar-refractivity contribution < 1.29 is 4.79 Å². The van der Waals surface area contributed by atoms with Gasteiger partial charge in [-0.3, -0.25) is 18.7 Å². The lowest BCUT2D eigenvalue weighted by atomic mass is 10.1. The Morgan fingerprint density at radius 1 is 1.13 bits per heavy atom. The van der Waals surface area contributed by atoms with Crippen LogP contribution in [0, 0.1) is 0 Å². The Kier molecular flexibility index (Phi) is 5.70. The fraction of sp³-hybridized carbons (Fsp3) is 0.143. The number of benzene rings is 2. The third-order valence-electron chi connectivity index (χ3n) is 4.89. The quantitative estimate of drug-likeness (QED) is 0.486. The Bertz CT molecular complexity index is 1460. The van der Waals surface area contributed by atoms with Crippen LogP contribution in [0.1, 0.15) is 5.56 Å². The van der Waals surface area contributed by atoms with Crippen LogP contribution in [0.3, 0.4) is 0 Å². The first-order chi connectivity index (χ1) is 14.8. The first-order valence-corrected chi connectivity index (χ1v) is 10.8. The first-order valence-electron chi connectivity index (χ1n) is 9.14. The predicted octanol–water partition coefficient (Wildman–Crippen LogP) is 3.85. The molecule has 0 saturated carbocycles. The molecular formula is C21H16Cl2N4O3S. The molecule has 0 spiro atoms. The number of fused-ring (bicyclic) bond motifs is 1. The van der Waals surface area contributed by atoms with Crippen LogP contribution in [-0.4, -0.2) is 20.0 Å². The molecule has 10 heteroatoms. The van der Waals surface area contributed by atoms with Gasteiger partial charge in [-0.2, -0.15) is 0 Å². The van der Waals surface area contributed by atoms with E-state index < -0.39 is 11.2 Å². The van der Waals surface area contributed by atoms with Crippen molar-refractivity contribution in [2.45, 2.75) is 6.42 Å². The summed E-state index contributed by atoms with van der Waals surface area (Å²) in [7, 11) is 3.01. The van der Waals surface area contributed by atoms with Crippen molar-refractivity contribution in [3.63, 3.8) is 0 Å². The fourth-order valence-corrected chi connectivity index (χ4v) is 4.44. The van der Waals surface area contributed by atoms with Crippen LogP contribution in [0.2, 0.25) is 10.0 Å². The Hall–Kier alpha value is -2.94. The smallest absolute Gasteiger partial charge is 0.302 e. The van der Waals surface area contributed by atoms with Gasteiger partial charge in [0.25, 0.3) is 5.56 Å². The highest BCUT2D eigenvalue weighted by molar-refractivity contribution is 7.14. The van der Waals surface area contributed by atoms with Gasteiger partial charge < -0.3 is 5.32 Å². The molecule has 2 heterocycles. The molecule has 0 bridgehead atoms. The van der Waals surface area contributed by atoms with Gasteiger partial charge in [0.2, 0.25) is 5.91 Å². The second-order valence-corrected chi connectivity index (χ2v) is 8.61. The predicted molar refractivity (Wildman–Crippen MR) is 124 cm³/mol.